The predicted octanol–water partition coefficient (Wildman–Crippen LogP) is 0.205. The minimum absolute atomic E-state index is 0.116. The molecule has 2 rings (SSSR count). The second-order valence-electron chi connectivity index (χ2n) is 5.66. The SMILES string of the molecule is CN(C)CC1CC(O)CN1CC(=O)c1cccn1C. The zero-order valence-corrected chi connectivity index (χ0v) is 11.9. The molecule has 0 saturated carbocycles. The number of likely N-dealkylation sites (N-methyl/N-ethyl adjacent to an activating group) is 1. The fourth-order valence-corrected chi connectivity index (χ4v) is 2.78. The Morgan fingerprint density at radius 3 is 2.84 bits per heavy atom. The molecular formula is C14H23N3O2. The van der Waals surface area contributed by atoms with E-state index >= 15 is 0 Å². The summed E-state index contributed by atoms with van der Waals surface area (Å²) < 4.78 is 1.84. The first-order valence-electron chi connectivity index (χ1n) is 6.68. The molecule has 0 aliphatic carbocycles. The van der Waals surface area contributed by atoms with Gasteiger partial charge in [-0.25, -0.2) is 0 Å². The normalized spacial score (nSPS) is 24.3. The maximum Gasteiger partial charge on any atom is 0.193 e. The summed E-state index contributed by atoms with van der Waals surface area (Å²) >= 11 is 0. The molecule has 19 heavy (non-hydrogen) atoms. The molecule has 1 aliphatic rings. The zero-order valence-electron chi connectivity index (χ0n) is 11.9. The van der Waals surface area contributed by atoms with Crippen molar-refractivity contribution in [3.8, 4) is 0 Å². The minimum atomic E-state index is -0.314. The van der Waals surface area contributed by atoms with E-state index in [1.165, 1.54) is 0 Å². The molecule has 5 heteroatoms. The number of hydrogen-bond donors (Lipinski definition) is 1. The van der Waals surface area contributed by atoms with Gasteiger partial charge < -0.3 is 14.6 Å². The lowest BCUT2D eigenvalue weighted by Gasteiger charge is -2.26. The van der Waals surface area contributed by atoms with Gasteiger partial charge in [0.1, 0.15) is 0 Å². The summed E-state index contributed by atoms with van der Waals surface area (Å²) in [4.78, 5) is 16.5. The highest BCUT2D eigenvalue weighted by Crippen LogP contribution is 2.19. The lowest BCUT2D eigenvalue weighted by molar-refractivity contribution is 0.0894. The number of ketones is 1. The van der Waals surface area contributed by atoms with E-state index in [1.54, 1.807) is 0 Å². The van der Waals surface area contributed by atoms with Crippen LogP contribution >= 0.6 is 0 Å². The fourth-order valence-electron chi connectivity index (χ4n) is 2.78. The van der Waals surface area contributed by atoms with Gasteiger partial charge in [-0.3, -0.25) is 9.69 Å². The molecule has 5 nitrogen and oxygen atoms in total. The Balaban J connectivity index is 2.01. The van der Waals surface area contributed by atoms with Crippen molar-refractivity contribution in [2.24, 2.45) is 7.05 Å². The Morgan fingerprint density at radius 1 is 1.53 bits per heavy atom. The number of aromatic nitrogens is 1. The lowest BCUT2D eigenvalue weighted by atomic mass is 10.2. The van der Waals surface area contributed by atoms with Gasteiger partial charge in [0.2, 0.25) is 0 Å². The molecular weight excluding hydrogens is 242 g/mol. The summed E-state index contributed by atoms with van der Waals surface area (Å²) in [5.41, 5.74) is 0.727. The van der Waals surface area contributed by atoms with Gasteiger partial charge >= 0.3 is 0 Å². The first-order chi connectivity index (χ1) is 8.97. The van der Waals surface area contributed by atoms with Gasteiger partial charge in [-0.1, -0.05) is 0 Å². The number of aliphatic hydroxyl groups is 1. The van der Waals surface area contributed by atoms with Gasteiger partial charge in [-0.2, -0.15) is 0 Å². The summed E-state index contributed by atoms with van der Waals surface area (Å²) in [6.07, 6.45) is 2.31. The number of β-amino-alcohol motifs (C(OH)–C–C–N with tert-alkyl or cyclic N) is 1. The van der Waals surface area contributed by atoms with E-state index in [0.717, 1.165) is 18.7 Å². The molecule has 2 unspecified atom stereocenters. The summed E-state index contributed by atoms with van der Waals surface area (Å²) in [6, 6.07) is 3.98. The van der Waals surface area contributed by atoms with E-state index in [1.807, 2.05) is 44.0 Å². The van der Waals surface area contributed by atoms with Gasteiger partial charge in [0.25, 0.3) is 0 Å². The molecule has 1 N–H and O–H groups in total. The molecule has 1 aromatic rings. The van der Waals surface area contributed by atoms with E-state index in [9.17, 15) is 9.90 Å². The lowest BCUT2D eigenvalue weighted by Crippen LogP contribution is -2.40. The molecule has 2 atom stereocenters. The molecule has 1 aromatic heterocycles. The fraction of sp³-hybridized carbons (Fsp3) is 0.643. The number of aliphatic hydroxyl groups excluding tert-OH is 1. The van der Waals surface area contributed by atoms with Crippen LogP contribution in [-0.4, -0.2) is 71.1 Å². The average molecular weight is 265 g/mol. The molecule has 0 amide bonds. The summed E-state index contributed by atoms with van der Waals surface area (Å²) in [7, 11) is 5.91. The third kappa shape index (κ3) is 3.43. The smallest absolute Gasteiger partial charge is 0.193 e. The molecule has 0 aromatic carbocycles. The molecule has 1 aliphatic heterocycles. The molecule has 2 heterocycles. The number of nitrogens with zero attached hydrogens (tertiary/aromatic N) is 3. The van der Waals surface area contributed by atoms with Crippen LogP contribution in [0.25, 0.3) is 0 Å². The quantitative estimate of drug-likeness (QED) is 0.773. The number of rotatable bonds is 5. The van der Waals surface area contributed by atoms with Crippen LogP contribution in [0.1, 0.15) is 16.9 Å². The standard InChI is InChI=1S/C14H23N3O2/c1-15(2)8-11-7-12(18)9-17(11)10-14(19)13-5-4-6-16(13)3/h4-6,11-12,18H,7-10H2,1-3H3. The van der Waals surface area contributed by atoms with E-state index in [-0.39, 0.29) is 17.9 Å². The van der Waals surface area contributed by atoms with Crippen LogP contribution in [0.15, 0.2) is 18.3 Å². The largest absolute Gasteiger partial charge is 0.392 e. The van der Waals surface area contributed by atoms with E-state index in [2.05, 4.69) is 9.80 Å². The number of hydrogen-bond acceptors (Lipinski definition) is 4. The molecule has 0 bridgehead atoms. The van der Waals surface area contributed by atoms with E-state index in [4.69, 9.17) is 0 Å². The molecule has 106 valence electrons. The summed E-state index contributed by atoms with van der Waals surface area (Å²) in [6.45, 7) is 1.85. The van der Waals surface area contributed by atoms with Crippen LogP contribution in [-0.2, 0) is 7.05 Å². The van der Waals surface area contributed by atoms with Crippen LogP contribution in [0.5, 0.6) is 0 Å². The molecule has 1 saturated heterocycles. The first kappa shape index (κ1) is 14.2. The number of aryl methyl sites for hydroxylation is 1. The Hall–Kier alpha value is -1.17. The van der Waals surface area contributed by atoms with Crippen molar-refractivity contribution in [2.75, 3.05) is 33.7 Å². The molecule has 1 fully saturated rings. The van der Waals surface area contributed by atoms with Crippen molar-refractivity contribution < 1.29 is 9.90 Å². The third-order valence-corrected chi connectivity index (χ3v) is 3.66. The highest BCUT2D eigenvalue weighted by Gasteiger charge is 2.32. The highest BCUT2D eigenvalue weighted by molar-refractivity contribution is 5.96. The summed E-state index contributed by atoms with van der Waals surface area (Å²) in [5.74, 6) is 0.116. The molecule has 0 radical (unpaired) electrons. The number of Topliss-reactive ketones (excluding diaryl/α,β-unsaturated/α-hetero) is 1. The first-order valence-corrected chi connectivity index (χ1v) is 6.68. The number of carbonyl (C=O) groups excluding carboxylic acids is 1. The maximum atomic E-state index is 12.3. The topological polar surface area (TPSA) is 48.7 Å². The predicted molar refractivity (Wildman–Crippen MR) is 74.3 cm³/mol. The van der Waals surface area contributed by atoms with Crippen molar-refractivity contribution >= 4 is 5.78 Å². The minimum Gasteiger partial charge on any atom is -0.392 e. The van der Waals surface area contributed by atoms with Crippen molar-refractivity contribution in [3.05, 3.63) is 24.0 Å². The Kier molecular flexibility index (Phi) is 4.39. The number of likely N-dealkylation sites (tertiary alicyclic amines) is 1. The van der Waals surface area contributed by atoms with Crippen LogP contribution in [0.4, 0.5) is 0 Å². The Morgan fingerprint density at radius 2 is 2.26 bits per heavy atom. The second kappa shape index (κ2) is 5.86. The van der Waals surface area contributed by atoms with Crippen molar-refractivity contribution in [3.63, 3.8) is 0 Å². The van der Waals surface area contributed by atoms with E-state index in [0.29, 0.717) is 13.1 Å². The molecule has 0 spiro atoms. The van der Waals surface area contributed by atoms with Crippen molar-refractivity contribution in [1.29, 1.82) is 0 Å². The Bertz CT molecular complexity index is 442. The van der Waals surface area contributed by atoms with Gasteiger partial charge in [0, 0.05) is 32.4 Å². The van der Waals surface area contributed by atoms with Crippen molar-refractivity contribution in [2.45, 2.75) is 18.6 Å². The second-order valence-corrected chi connectivity index (χ2v) is 5.66. The number of carbonyl (C=O) groups is 1. The average Bonchev–Trinajstić information content (AvgIpc) is 2.85. The highest BCUT2D eigenvalue weighted by atomic mass is 16.3. The third-order valence-electron chi connectivity index (χ3n) is 3.66. The van der Waals surface area contributed by atoms with E-state index < -0.39 is 0 Å². The van der Waals surface area contributed by atoms with Crippen LogP contribution < -0.4 is 0 Å². The van der Waals surface area contributed by atoms with Crippen LogP contribution in [0.3, 0.4) is 0 Å². The van der Waals surface area contributed by atoms with Crippen LogP contribution in [0, 0.1) is 0 Å². The van der Waals surface area contributed by atoms with Gasteiger partial charge in [0.15, 0.2) is 5.78 Å². The van der Waals surface area contributed by atoms with Gasteiger partial charge in [-0.15, -0.1) is 0 Å². The summed E-state index contributed by atoms with van der Waals surface area (Å²) in [5, 5.41) is 9.80. The zero-order chi connectivity index (χ0) is 14.0. The van der Waals surface area contributed by atoms with Gasteiger partial charge in [-0.05, 0) is 32.6 Å². The monoisotopic (exact) mass is 265 g/mol. The maximum absolute atomic E-state index is 12.3. The Labute approximate surface area is 114 Å². The van der Waals surface area contributed by atoms with Gasteiger partial charge in [0.05, 0.1) is 18.3 Å². The van der Waals surface area contributed by atoms with Crippen molar-refractivity contribution in [1.82, 2.24) is 14.4 Å². The van der Waals surface area contributed by atoms with Crippen LogP contribution in [0.2, 0.25) is 0 Å².